The summed E-state index contributed by atoms with van der Waals surface area (Å²) in [6.07, 6.45) is 0. The highest BCUT2D eigenvalue weighted by molar-refractivity contribution is 6.19. The molecule has 10 aromatic rings. The van der Waals surface area contributed by atoms with Gasteiger partial charge in [-0.25, -0.2) is 15.0 Å². The van der Waals surface area contributed by atoms with Crippen LogP contribution in [0.5, 0.6) is 0 Å². The Kier molecular flexibility index (Phi) is 5.74. The zero-order valence-corrected chi connectivity index (χ0v) is 25.4. The summed E-state index contributed by atoms with van der Waals surface area (Å²) in [4.78, 5) is 16.8. The van der Waals surface area contributed by atoms with Crippen molar-refractivity contribution in [1.29, 1.82) is 0 Å². The summed E-state index contributed by atoms with van der Waals surface area (Å²) in [5.41, 5.74) is 6.76. The molecule has 7 aromatic carbocycles. The maximum Gasteiger partial charge on any atom is 0.167 e. The summed E-state index contributed by atoms with van der Waals surface area (Å²) >= 11 is 0. The fourth-order valence-corrected chi connectivity index (χ4v) is 6.60. The summed E-state index contributed by atoms with van der Waals surface area (Å²) < 4.78 is 6.39. The van der Waals surface area contributed by atoms with Crippen molar-refractivity contribution >= 4 is 54.5 Å². The highest BCUT2D eigenvalue weighted by Gasteiger charge is 2.18. The molecule has 0 aliphatic heterocycles. The van der Waals surface area contributed by atoms with Crippen LogP contribution in [0.1, 0.15) is 0 Å². The zero-order chi connectivity index (χ0) is 31.6. The maximum absolute atomic E-state index is 6.39. The third-order valence-electron chi connectivity index (χ3n) is 8.91. The average Bonchev–Trinajstić information content (AvgIpc) is 3.77. The first-order valence-electron chi connectivity index (χ1n) is 15.8. The van der Waals surface area contributed by atoms with Crippen molar-refractivity contribution in [2.75, 3.05) is 0 Å². The van der Waals surface area contributed by atoms with Gasteiger partial charge in [-0.3, -0.25) is 0 Å². The summed E-state index contributed by atoms with van der Waals surface area (Å²) in [6, 6.07) is 49.0. The summed E-state index contributed by atoms with van der Waals surface area (Å²) in [5, 5.41) is 16.1. The van der Waals surface area contributed by atoms with Crippen LogP contribution in [-0.2, 0) is 0 Å². The number of fused-ring (bicyclic) bond motifs is 8. The van der Waals surface area contributed by atoms with Crippen molar-refractivity contribution in [3.8, 4) is 39.9 Å². The van der Waals surface area contributed by atoms with E-state index in [1.54, 1.807) is 4.80 Å². The number of benzene rings is 7. The molecule has 0 atom stereocenters. The van der Waals surface area contributed by atoms with E-state index in [1.165, 1.54) is 0 Å². The van der Waals surface area contributed by atoms with E-state index in [0.717, 1.165) is 76.9 Å². The lowest BCUT2D eigenvalue weighted by atomic mass is 9.98. The van der Waals surface area contributed by atoms with Crippen LogP contribution in [0, 0.1) is 0 Å². The van der Waals surface area contributed by atoms with Crippen molar-refractivity contribution in [3.63, 3.8) is 0 Å². The minimum atomic E-state index is 0.551. The molecule has 3 aromatic heterocycles. The van der Waals surface area contributed by atoms with Gasteiger partial charge in [0, 0.05) is 27.3 Å². The monoisotopic (exact) mass is 616 g/mol. The Balaban J connectivity index is 1.21. The van der Waals surface area contributed by atoms with Crippen LogP contribution in [0.25, 0.3) is 94.4 Å². The first kappa shape index (κ1) is 26.5. The number of furan rings is 1. The number of hydrogen-bond acceptors (Lipinski definition) is 6. The Hall–Kier alpha value is -6.73. The van der Waals surface area contributed by atoms with E-state index in [1.807, 2.05) is 97.1 Å². The van der Waals surface area contributed by atoms with E-state index in [0.29, 0.717) is 17.5 Å². The topological polar surface area (TPSA) is 82.5 Å². The van der Waals surface area contributed by atoms with Crippen LogP contribution < -0.4 is 0 Å². The molecule has 48 heavy (non-hydrogen) atoms. The van der Waals surface area contributed by atoms with E-state index in [2.05, 4.69) is 48.5 Å². The second kappa shape index (κ2) is 10.4. The molecule has 0 bridgehead atoms. The van der Waals surface area contributed by atoms with Crippen molar-refractivity contribution in [2.45, 2.75) is 0 Å². The van der Waals surface area contributed by atoms with Gasteiger partial charge in [-0.15, -0.1) is 10.2 Å². The van der Waals surface area contributed by atoms with Crippen molar-refractivity contribution in [3.05, 3.63) is 146 Å². The predicted octanol–water partition coefficient (Wildman–Crippen LogP) is 9.81. The number of para-hydroxylation sites is 3. The highest BCUT2D eigenvalue weighted by Crippen LogP contribution is 2.37. The quantitative estimate of drug-likeness (QED) is 0.183. The molecule has 0 amide bonds. The van der Waals surface area contributed by atoms with Gasteiger partial charge < -0.3 is 4.42 Å². The Labute approximate surface area is 273 Å². The highest BCUT2D eigenvalue weighted by atomic mass is 16.3. The lowest BCUT2D eigenvalue weighted by Crippen LogP contribution is -2.00. The van der Waals surface area contributed by atoms with Crippen LogP contribution in [0.15, 0.2) is 150 Å². The third kappa shape index (κ3) is 4.18. The van der Waals surface area contributed by atoms with Gasteiger partial charge in [-0.05, 0) is 52.6 Å². The standard InChI is InChI=1S/C41H24N6O/c1-3-10-27(11-4-1)39-42-40(44-41(43-39)32-16-9-15-31-30-14-7-8-17-35(30)48-38(31)32)28-21-19-25-18-20-26-22-23-34-37(36(26)33(25)24-28)46-47(45-34)29-12-5-2-6-13-29/h1-24H. The fourth-order valence-electron chi connectivity index (χ4n) is 6.60. The molecule has 0 unspecified atom stereocenters. The van der Waals surface area contributed by atoms with Gasteiger partial charge in [0.1, 0.15) is 22.2 Å². The first-order valence-corrected chi connectivity index (χ1v) is 15.8. The molecule has 224 valence electrons. The Morgan fingerprint density at radius 3 is 2.04 bits per heavy atom. The lowest BCUT2D eigenvalue weighted by Gasteiger charge is -2.10. The Bertz CT molecular complexity index is 2840. The van der Waals surface area contributed by atoms with Gasteiger partial charge in [0.25, 0.3) is 0 Å². The Morgan fingerprint density at radius 1 is 0.479 bits per heavy atom. The Morgan fingerprint density at radius 2 is 1.17 bits per heavy atom. The van der Waals surface area contributed by atoms with Crippen molar-refractivity contribution in [2.24, 2.45) is 0 Å². The van der Waals surface area contributed by atoms with Crippen LogP contribution >= 0.6 is 0 Å². The number of aromatic nitrogens is 6. The van der Waals surface area contributed by atoms with Crippen LogP contribution in [0.3, 0.4) is 0 Å². The number of nitrogens with zero attached hydrogens (tertiary/aromatic N) is 6. The van der Waals surface area contributed by atoms with Gasteiger partial charge in [0.2, 0.25) is 0 Å². The van der Waals surface area contributed by atoms with E-state index >= 15 is 0 Å². The molecule has 0 saturated heterocycles. The normalized spacial score (nSPS) is 11.8. The molecule has 0 fully saturated rings. The first-order chi connectivity index (χ1) is 23.8. The maximum atomic E-state index is 6.39. The summed E-state index contributed by atoms with van der Waals surface area (Å²) in [6.45, 7) is 0. The minimum absolute atomic E-state index is 0.551. The summed E-state index contributed by atoms with van der Waals surface area (Å²) in [5.74, 6) is 1.72. The van der Waals surface area contributed by atoms with Gasteiger partial charge >= 0.3 is 0 Å². The molecule has 0 aliphatic rings. The van der Waals surface area contributed by atoms with E-state index in [-0.39, 0.29) is 0 Å². The van der Waals surface area contributed by atoms with Crippen molar-refractivity contribution < 1.29 is 4.42 Å². The number of rotatable bonds is 4. The largest absolute Gasteiger partial charge is 0.455 e. The molecule has 0 radical (unpaired) electrons. The van der Waals surface area contributed by atoms with Gasteiger partial charge in [-0.2, -0.15) is 4.80 Å². The molecule has 0 aliphatic carbocycles. The molecule has 7 heteroatoms. The molecular formula is C41H24N6O. The van der Waals surface area contributed by atoms with Crippen LogP contribution in [0.4, 0.5) is 0 Å². The van der Waals surface area contributed by atoms with E-state index < -0.39 is 0 Å². The fraction of sp³-hybridized carbons (Fsp3) is 0. The molecule has 0 N–H and O–H groups in total. The molecule has 0 saturated carbocycles. The zero-order valence-electron chi connectivity index (χ0n) is 25.4. The second-order valence-corrected chi connectivity index (χ2v) is 11.8. The smallest absolute Gasteiger partial charge is 0.167 e. The van der Waals surface area contributed by atoms with Crippen molar-refractivity contribution in [1.82, 2.24) is 29.9 Å². The molecular weight excluding hydrogens is 592 g/mol. The number of hydrogen-bond donors (Lipinski definition) is 0. The van der Waals surface area contributed by atoms with Gasteiger partial charge in [0.15, 0.2) is 17.5 Å². The molecule has 3 heterocycles. The SMILES string of the molecule is c1ccc(-c2nc(-c3ccc4ccc5ccc6nn(-c7ccccc7)nc6c5c4c3)nc(-c3cccc4c3oc3ccccc34)n2)cc1. The molecule has 10 rings (SSSR count). The van der Waals surface area contributed by atoms with E-state index in [9.17, 15) is 0 Å². The molecule has 0 spiro atoms. The van der Waals surface area contributed by atoms with E-state index in [4.69, 9.17) is 29.6 Å². The minimum Gasteiger partial charge on any atom is -0.455 e. The average molecular weight is 617 g/mol. The third-order valence-corrected chi connectivity index (χ3v) is 8.91. The van der Waals surface area contributed by atoms with Crippen LogP contribution in [0.2, 0.25) is 0 Å². The summed E-state index contributed by atoms with van der Waals surface area (Å²) in [7, 11) is 0. The predicted molar refractivity (Wildman–Crippen MR) is 191 cm³/mol. The lowest BCUT2D eigenvalue weighted by molar-refractivity contribution is 0.669. The molecule has 7 nitrogen and oxygen atoms in total. The van der Waals surface area contributed by atoms with Crippen LogP contribution in [-0.4, -0.2) is 29.9 Å². The van der Waals surface area contributed by atoms with Gasteiger partial charge in [-0.1, -0.05) is 109 Å². The second-order valence-electron chi connectivity index (χ2n) is 11.8. The van der Waals surface area contributed by atoms with Gasteiger partial charge in [0.05, 0.1) is 11.3 Å².